The maximum absolute atomic E-state index is 3.63. The summed E-state index contributed by atoms with van der Waals surface area (Å²) in [5.74, 6) is 0. The van der Waals surface area contributed by atoms with Crippen molar-refractivity contribution < 1.29 is 0 Å². The Morgan fingerprint density at radius 1 is 1.38 bits per heavy atom. The van der Waals surface area contributed by atoms with E-state index in [9.17, 15) is 0 Å². The molecule has 2 nitrogen and oxygen atoms in total. The van der Waals surface area contributed by atoms with Crippen LogP contribution in [0.5, 0.6) is 0 Å². The van der Waals surface area contributed by atoms with E-state index >= 15 is 0 Å². The van der Waals surface area contributed by atoms with Gasteiger partial charge in [-0.25, -0.2) is 0 Å². The van der Waals surface area contributed by atoms with Crippen LogP contribution in [0, 0.1) is 0 Å². The first-order valence-electron chi connectivity index (χ1n) is 5.34. The molecule has 70 valence electrons. The number of fused-ring (bicyclic) bond motifs is 3. The lowest BCUT2D eigenvalue weighted by atomic mass is 9.90. The first kappa shape index (κ1) is 7.63. The predicted octanol–water partition coefficient (Wildman–Crippen LogP) is 1.73. The lowest BCUT2D eigenvalue weighted by Gasteiger charge is -2.38. The Hall–Kier alpha value is -0.760. The van der Waals surface area contributed by atoms with E-state index < -0.39 is 0 Å². The molecule has 2 unspecified atom stereocenters. The van der Waals surface area contributed by atoms with E-state index in [1.54, 1.807) is 0 Å². The summed E-state index contributed by atoms with van der Waals surface area (Å²) in [6, 6.07) is 5.94. The topological polar surface area (TPSA) is 17.0 Å². The van der Waals surface area contributed by atoms with Crippen LogP contribution in [-0.2, 0) is 6.42 Å². The number of aryl methyl sites for hydroxylation is 1. The summed E-state index contributed by atoms with van der Waals surface area (Å²) in [6.07, 6.45) is 7.52. The van der Waals surface area contributed by atoms with Crippen LogP contribution in [0.4, 0.5) is 0 Å². The fourth-order valence-electron chi connectivity index (χ4n) is 2.83. The molecule has 2 aliphatic rings. The van der Waals surface area contributed by atoms with Crippen molar-refractivity contribution in [2.75, 3.05) is 6.54 Å². The van der Waals surface area contributed by atoms with Gasteiger partial charge in [0.15, 0.2) is 0 Å². The number of nitrogens with one attached hydrogen (secondary N) is 1. The Kier molecular flexibility index (Phi) is 1.69. The van der Waals surface area contributed by atoms with Gasteiger partial charge in [-0.2, -0.15) is 0 Å². The van der Waals surface area contributed by atoms with Crippen molar-refractivity contribution in [1.82, 2.24) is 9.88 Å². The van der Waals surface area contributed by atoms with Crippen LogP contribution in [-0.4, -0.2) is 17.2 Å². The van der Waals surface area contributed by atoms with E-state index in [1.807, 2.05) is 0 Å². The molecule has 1 aromatic rings. The van der Waals surface area contributed by atoms with E-state index in [0.29, 0.717) is 0 Å². The summed E-state index contributed by atoms with van der Waals surface area (Å²) >= 11 is 0. The Bertz CT molecular complexity index is 303. The summed E-state index contributed by atoms with van der Waals surface area (Å²) in [5.41, 5.74) is 1.53. The van der Waals surface area contributed by atoms with Crippen LogP contribution >= 0.6 is 0 Å². The van der Waals surface area contributed by atoms with Gasteiger partial charge in [-0.15, -0.1) is 0 Å². The molecular formula is C11H16N2. The van der Waals surface area contributed by atoms with Crippen molar-refractivity contribution in [3.05, 3.63) is 24.0 Å². The maximum atomic E-state index is 3.63. The quantitative estimate of drug-likeness (QED) is 0.637. The number of rotatable bonds is 0. The second-order valence-electron chi connectivity index (χ2n) is 4.22. The molecular weight excluding hydrogens is 160 g/mol. The molecule has 1 N–H and O–H groups in total. The Labute approximate surface area is 78.9 Å². The zero-order chi connectivity index (χ0) is 8.67. The van der Waals surface area contributed by atoms with Crippen LogP contribution in [0.25, 0.3) is 0 Å². The predicted molar refractivity (Wildman–Crippen MR) is 52.8 cm³/mol. The monoisotopic (exact) mass is 176 g/mol. The van der Waals surface area contributed by atoms with E-state index in [4.69, 9.17) is 0 Å². The third-order valence-electron chi connectivity index (χ3n) is 3.48. The second-order valence-corrected chi connectivity index (χ2v) is 4.22. The highest BCUT2D eigenvalue weighted by molar-refractivity contribution is 5.13. The summed E-state index contributed by atoms with van der Waals surface area (Å²) < 4.78 is 2.49. The van der Waals surface area contributed by atoms with Gasteiger partial charge in [0.05, 0.1) is 0 Å². The van der Waals surface area contributed by atoms with Crippen molar-refractivity contribution in [2.45, 2.75) is 37.8 Å². The number of piperidine rings is 1. The fourth-order valence-corrected chi connectivity index (χ4v) is 2.83. The standard InChI is InChI=1S/C11H16N2/c1-4-11-10(12-7-1)6-5-9-3-2-8-13(9)11/h2-3,8,10-12H,1,4-7H2. The Morgan fingerprint density at radius 2 is 2.38 bits per heavy atom. The van der Waals surface area contributed by atoms with Crippen LogP contribution in [0.3, 0.4) is 0 Å². The Balaban J connectivity index is 1.97. The van der Waals surface area contributed by atoms with Gasteiger partial charge in [-0.1, -0.05) is 0 Å². The van der Waals surface area contributed by atoms with Gasteiger partial charge in [0.2, 0.25) is 0 Å². The van der Waals surface area contributed by atoms with Crippen LogP contribution in [0.2, 0.25) is 0 Å². The molecule has 0 spiro atoms. The smallest absolute Gasteiger partial charge is 0.0487 e. The number of hydrogen-bond acceptors (Lipinski definition) is 1. The fraction of sp³-hybridized carbons (Fsp3) is 0.636. The van der Waals surface area contributed by atoms with Gasteiger partial charge in [0.1, 0.15) is 0 Å². The van der Waals surface area contributed by atoms with Crippen molar-refractivity contribution >= 4 is 0 Å². The molecule has 2 heteroatoms. The normalized spacial score (nSPS) is 32.3. The molecule has 1 saturated heterocycles. The molecule has 0 saturated carbocycles. The number of aromatic nitrogens is 1. The summed E-state index contributed by atoms with van der Waals surface area (Å²) in [7, 11) is 0. The van der Waals surface area contributed by atoms with Crippen LogP contribution < -0.4 is 5.32 Å². The van der Waals surface area contributed by atoms with Gasteiger partial charge in [0, 0.05) is 24.0 Å². The molecule has 2 atom stereocenters. The minimum absolute atomic E-state index is 0.743. The minimum atomic E-state index is 0.743. The molecule has 0 radical (unpaired) electrons. The van der Waals surface area contributed by atoms with Crippen molar-refractivity contribution in [3.8, 4) is 0 Å². The van der Waals surface area contributed by atoms with Gasteiger partial charge >= 0.3 is 0 Å². The first-order valence-corrected chi connectivity index (χ1v) is 5.34. The number of hydrogen-bond donors (Lipinski definition) is 1. The minimum Gasteiger partial charge on any atom is -0.347 e. The highest BCUT2D eigenvalue weighted by Gasteiger charge is 2.30. The number of nitrogens with zero attached hydrogens (tertiary/aromatic N) is 1. The molecule has 0 aliphatic carbocycles. The van der Waals surface area contributed by atoms with E-state index in [2.05, 4.69) is 28.2 Å². The third-order valence-corrected chi connectivity index (χ3v) is 3.48. The van der Waals surface area contributed by atoms with Gasteiger partial charge < -0.3 is 9.88 Å². The molecule has 0 aromatic carbocycles. The summed E-state index contributed by atoms with van der Waals surface area (Å²) in [5, 5.41) is 3.63. The zero-order valence-electron chi connectivity index (χ0n) is 7.87. The van der Waals surface area contributed by atoms with Gasteiger partial charge in [0.25, 0.3) is 0 Å². The first-order chi connectivity index (χ1) is 6.45. The molecule has 1 fully saturated rings. The molecule has 3 heterocycles. The molecule has 0 amide bonds. The van der Waals surface area contributed by atoms with Crippen molar-refractivity contribution in [3.63, 3.8) is 0 Å². The van der Waals surface area contributed by atoms with Crippen LogP contribution in [0.15, 0.2) is 18.3 Å². The van der Waals surface area contributed by atoms with Gasteiger partial charge in [-0.3, -0.25) is 0 Å². The molecule has 2 aliphatic heterocycles. The lowest BCUT2D eigenvalue weighted by molar-refractivity contribution is 0.241. The zero-order valence-corrected chi connectivity index (χ0v) is 7.87. The summed E-state index contributed by atoms with van der Waals surface area (Å²) in [6.45, 7) is 1.22. The van der Waals surface area contributed by atoms with Gasteiger partial charge in [-0.05, 0) is 44.4 Å². The average molecular weight is 176 g/mol. The molecule has 13 heavy (non-hydrogen) atoms. The van der Waals surface area contributed by atoms with Crippen molar-refractivity contribution in [2.24, 2.45) is 0 Å². The highest BCUT2D eigenvalue weighted by atomic mass is 15.1. The van der Waals surface area contributed by atoms with E-state index in [1.165, 1.54) is 37.9 Å². The van der Waals surface area contributed by atoms with Crippen molar-refractivity contribution in [1.29, 1.82) is 0 Å². The third kappa shape index (κ3) is 1.12. The molecule has 0 bridgehead atoms. The second kappa shape index (κ2) is 2.88. The van der Waals surface area contributed by atoms with E-state index in [0.717, 1.165) is 12.1 Å². The maximum Gasteiger partial charge on any atom is 0.0487 e. The Morgan fingerprint density at radius 3 is 3.38 bits per heavy atom. The average Bonchev–Trinajstić information content (AvgIpc) is 2.65. The molecule has 3 rings (SSSR count). The van der Waals surface area contributed by atoms with E-state index in [-0.39, 0.29) is 0 Å². The van der Waals surface area contributed by atoms with Crippen LogP contribution in [0.1, 0.15) is 31.0 Å². The largest absolute Gasteiger partial charge is 0.347 e. The highest BCUT2D eigenvalue weighted by Crippen LogP contribution is 2.31. The summed E-state index contributed by atoms with van der Waals surface area (Å²) in [4.78, 5) is 0. The SMILES string of the molecule is c1cc2n(c1)C1CCCNC1CC2. The lowest BCUT2D eigenvalue weighted by Crippen LogP contribution is -2.45. The molecule has 1 aromatic heterocycles.